The summed E-state index contributed by atoms with van der Waals surface area (Å²) in [6.07, 6.45) is 1.68. The van der Waals surface area contributed by atoms with Crippen molar-refractivity contribution in [1.82, 2.24) is 9.78 Å². The average molecular weight is 239 g/mol. The van der Waals surface area contributed by atoms with E-state index in [1.165, 1.54) is 4.68 Å². The van der Waals surface area contributed by atoms with Crippen LogP contribution in [0.1, 0.15) is 0 Å². The van der Waals surface area contributed by atoms with E-state index in [1.54, 1.807) is 19.3 Å². The van der Waals surface area contributed by atoms with E-state index in [1.807, 2.05) is 12.1 Å². The van der Waals surface area contributed by atoms with Crippen LogP contribution < -0.4 is 5.56 Å². The van der Waals surface area contributed by atoms with Crippen LogP contribution in [0.4, 0.5) is 0 Å². The van der Waals surface area contributed by atoms with Gasteiger partial charge < -0.3 is 0 Å². The van der Waals surface area contributed by atoms with Gasteiger partial charge in [-0.05, 0) is 12.1 Å². The Bertz CT molecular complexity index is 513. The number of aromatic nitrogens is 2. The third-order valence-corrected chi connectivity index (χ3v) is 2.40. The molecule has 2 rings (SSSR count). The zero-order valence-electron chi connectivity index (χ0n) is 6.99. The molecule has 0 radical (unpaired) electrons. The van der Waals surface area contributed by atoms with E-state index >= 15 is 0 Å². The summed E-state index contributed by atoms with van der Waals surface area (Å²) in [4.78, 5) is 11.6. The molecule has 3 nitrogen and oxygen atoms in total. The van der Waals surface area contributed by atoms with Crippen LogP contribution in [0.3, 0.4) is 0 Å². The largest absolute Gasteiger partial charge is 0.274 e. The minimum Gasteiger partial charge on any atom is -0.267 e. The Morgan fingerprint density at radius 2 is 2.23 bits per heavy atom. The molecule has 1 aromatic carbocycles. The number of aryl methyl sites for hydroxylation is 1. The van der Waals surface area contributed by atoms with Gasteiger partial charge >= 0.3 is 0 Å². The van der Waals surface area contributed by atoms with Gasteiger partial charge in [-0.25, -0.2) is 4.68 Å². The van der Waals surface area contributed by atoms with Crippen molar-refractivity contribution in [3.8, 4) is 0 Å². The van der Waals surface area contributed by atoms with E-state index in [2.05, 4.69) is 21.0 Å². The van der Waals surface area contributed by atoms with Gasteiger partial charge in [-0.3, -0.25) is 4.79 Å². The Morgan fingerprint density at radius 1 is 1.46 bits per heavy atom. The van der Waals surface area contributed by atoms with E-state index in [-0.39, 0.29) is 5.56 Å². The predicted molar refractivity (Wildman–Crippen MR) is 54.7 cm³/mol. The van der Waals surface area contributed by atoms with Crippen molar-refractivity contribution in [3.05, 3.63) is 39.2 Å². The molecule has 4 heteroatoms. The zero-order valence-corrected chi connectivity index (χ0v) is 8.58. The molecule has 1 aromatic heterocycles. The van der Waals surface area contributed by atoms with Gasteiger partial charge in [-0.15, -0.1) is 0 Å². The second-order valence-corrected chi connectivity index (χ2v) is 3.72. The van der Waals surface area contributed by atoms with Gasteiger partial charge in [-0.1, -0.05) is 22.0 Å². The molecule has 0 saturated carbocycles. The first-order valence-corrected chi connectivity index (χ1v) is 4.59. The normalized spacial score (nSPS) is 10.6. The molecular weight excluding hydrogens is 232 g/mol. The molecule has 0 aliphatic rings. The molecule has 0 bridgehead atoms. The van der Waals surface area contributed by atoms with Crippen LogP contribution in [0.25, 0.3) is 10.8 Å². The summed E-state index contributed by atoms with van der Waals surface area (Å²) in [5.74, 6) is 0. The van der Waals surface area contributed by atoms with Crippen LogP contribution in [0, 0.1) is 0 Å². The molecule has 0 atom stereocenters. The smallest absolute Gasteiger partial charge is 0.267 e. The molecule has 0 aliphatic heterocycles. The summed E-state index contributed by atoms with van der Waals surface area (Å²) in [6, 6.07) is 5.57. The van der Waals surface area contributed by atoms with Crippen LogP contribution in [0.5, 0.6) is 0 Å². The third-order valence-electron chi connectivity index (χ3n) is 1.91. The molecule has 0 spiro atoms. The first-order valence-electron chi connectivity index (χ1n) is 3.80. The predicted octanol–water partition coefficient (Wildman–Crippen LogP) is 1.70. The van der Waals surface area contributed by atoms with Crippen molar-refractivity contribution in [1.29, 1.82) is 0 Å². The van der Waals surface area contributed by atoms with E-state index in [4.69, 9.17) is 0 Å². The molecule has 0 saturated heterocycles. The van der Waals surface area contributed by atoms with Crippen molar-refractivity contribution >= 4 is 26.7 Å². The van der Waals surface area contributed by atoms with Gasteiger partial charge in [0.1, 0.15) is 0 Å². The average Bonchev–Trinajstić information content (AvgIpc) is 2.12. The number of hydrogen-bond acceptors (Lipinski definition) is 2. The number of halogens is 1. The Labute approximate surface area is 83.1 Å². The fourth-order valence-corrected chi connectivity index (χ4v) is 1.56. The van der Waals surface area contributed by atoms with E-state index < -0.39 is 0 Å². The van der Waals surface area contributed by atoms with Gasteiger partial charge in [-0.2, -0.15) is 5.10 Å². The van der Waals surface area contributed by atoms with Crippen LogP contribution in [0.2, 0.25) is 0 Å². The number of nitrogens with zero attached hydrogens (tertiary/aromatic N) is 2. The summed E-state index contributed by atoms with van der Waals surface area (Å²) < 4.78 is 2.23. The van der Waals surface area contributed by atoms with Crippen LogP contribution in [0.15, 0.2) is 33.7 Å². The molecule has 0 fully saturated rings. The van der Waals surface area contributed by atoms with Crippen LogP contribution in [-0.2, 0) is 7.05 Å². The molecule has 1 heterocycles. The first kappa shape index (κ1) is 8.44. The second kappa shape index (κ2) is 2.96. The summed E-state index contributed by atoms with van der Waals surface area (Å²) in [7, 11) is 1.64. The lowest BCUT2D eigenvalue weighted by Crippen LogP contribution is -2.18. The Balaban J connectivity index is 2.97. The van der Waals surface area contributed by atoms with Gasteiger partial charge in [0.2, 0.25) is 0 Å². The summed E-state index contributed by atoms with van der Waals surface area (Å²) >= 11 is 3.32. The first-order chi connectivity index (χ1) is 6.18. The molecule has 2 aromatic rings. The van der Waals surface area contributed by atoms with E-state index in [0.717, 1.165) is 9.86 Å². The lowest BCUT2D eigenvalue weighted by molar-refractivity contribution is 0.718. The van der Waals surface area contributed by atoms with Gasteiger partial charge in [0.05, 0.1) is 11.6 Å². The van der Waals surface area contributed by atoms with Gasteiger partial charge in [0, 0.05) is 16.9 Å². The van der Waals surface area contributed by atoms with Crippen LogP contribution >= 0.6 is 15.9 Å². The highest BCUT2D eigenvalue weighted by molar-refractivity contribution is 9.10. The summed E-state index contributed by atoms with van der Waals surface area (Å²) in [5.41, 5.74) is -0.0706. The van der Waals surface area contributed by atoms with Crippen LogP contribution in [-0.4, -0.2) is 9.78 Å². The SMILES string of the molecule is Cn1ncc2ccc(Br)cc2c1=O. The fourth-order valence-electron chi connectivity index (χ4n) is 1.20. The van der Waals surface area contributed by atoms with Crippen molar-refractivity contribution < 1.29 is 0 Å². The van der Waals surface area contributed by atoms with Crippen molar-refractivity contribution in [2.75, 3.05) is 0 Å². The standard InChI is InChI=1S/C9H7BrN2O/c1-12-9(13)8-4-7(10)3-2-6(8)5-11-12/h2-5H,1H3. The molecule has 13 heavy (non-hydrogen) atoms. The Kier molecular flexibility index (Phi) is 1.92. The number of fused-ring (bicyclic) bond motifs is 1. The maximum absolute atomic E-state index is 11.6. The molecule has 0 unspecified atom stereocenters. The minimum absolute atomic E-state index is 0.0706. The number of rotatable bonds is 0. The number of benzene rings is 1. The maximum Gasteiger partial charge on any atom is 0.274 e. The zero-order chi connectivity index (χ0) is 9.42. The van der Waals surface area contributed by atoms with Crippen molar-refractivity contribution in [2.45, 2.75) is 0 Å². The lowest BCUT2D eigenvalue weighted by Gasteiger charge is -1.99. The topological polar surface area (TPSA) is 34.9 Å². The Morgan fingerprint density at radius 3 is 3.00 bits per heavy atom. The Hall–Kier alpha value is -1.16. The quantitative estimate of drug-likeness (QED) is 0.701. The summed E-state index contributed by atoms with van der Waals surface area (Å²) in [6.45, 7) is 0. The monoisotopic (exact) mass is 238 g/mol. The molecule has 66 valence electrons. The minimum atomic E-state index is -0.0706. The van der Waals surface area contributed by atoms with Crippen molar-refractivity contribution in [2.24, 2.45) is 7.05 Å². The summed E-state index contributed by atoms with van der Waals surface area (Å²) in [5, 5.41) is 5.48. The van der Waals surface area contributed by atoms with E-state index in [9.17, 15) is 4.79 Å². The highest BCUT2D eigenvalue weighted by Gasteiger charge is 2.00. The third kappa shape index (κ3) is 1.37. The molecule has 0 N–H and O–H groups in total. The maximum atomic E-state index is 11.6. The van der Waals surface area contributed by atoms with Gasteiger partial charge in [0.25, 0.3) is 5.56 Å². The van der Waals surface area contributed by atoms with E-state index in [0.29, 0.717) is 5.39 Å². The highest BCUT2D eigenvalue weighted by atomic mass is 79.9. The molecular formula is C9H7BrN2O. The molecule has 0 amide bonds. The highest BCUT2D eigenvalue weighted by Crippen LogP contribution is 2.15. The second-order valence-electron chi connectivity index (χ2n) is 2.80. The van der Waals surface area contributed by atoms with Crippen molar-refractivity contribution in [3.63, 3.8) is 0 Å². The molecule has 0 aliphatic carbocycles. The van der Waals surface area contributed by atoms with Gasteiger partial charge in [0.15, 0.2) is 0 Å². The lowest BCUT2D eigenvalue weighted by atomic mass is 10.2. The fraction of sp³-hybridized carbons (Fsp3) is 0.111. The number of hydrogen-bond donors (Lipinski definition) is 0.